The zero-order valence-corrected chi connectivity index (χ0v) is 14.7. The summed E-state index contributed by atoms with van der Waals surface area (Å²) in [6.45, 7) is 6.30. The zero-order chi connectivity index (χ0) is 19.6. The Morgan fingerprint density at radius 3 is 1.15 bits per heavy atom. The summed E-state index contributed by atoms with van der Waals surface area (Å²) in [7, 11) is 0. The highest BCUT2D eigenvalue weighted by molar-refractivity contribution is 5.62. The molecule has 0 saturated heterocycles. The topological polar surface area (TPSA) is 0 Å². The average Bonchev–Trinajstić information content (AvgIpc) is 2.53. The summed E-state index contributed by atoms with van der Waals surface area (Å²) in [4.78, 5) is 0. The first-order valence-corrected chi connectivity index (χ1v) is 8.19. The third-order valence-electron chi connectivity index (χ3n) is 5.64. The molecule has 1 aliphatic carbocycles. The minimum Gasteiger partial charge on any atom is -0.170 e. The quantitative estimate of drug-likeness (QED) is 0.456. The maximum Gasteiger partial charge on any atom is 0.399 e. The van der Waals surface area contributed by atoms with Crippen LogP contribution in [0.3, 0.4) is 0 Å². The molecule has 0 radical (unpaired) electrons. The molecule has 26 heavy (non-hydrogen) atoms. The Labute approximate surface area is 147 Å². The number of rotatable bonds is 0. The number of halogens is 6. The van der Waals surface area contributed by atoms with E-state index < -0.39 is 24.2 Å². The minimum absolute atomic E-state index is 0.237. The lowest BCUT2D eigenvalue weighted by molar-refractivity contribution is -0.152. The van der Waals surface area contributed by atoms with Crippen molar-refractivity contribution in [3.63, 3.8) is 0 Å². The Hall–Kier alpha value is -1.98. The summed E-state index contributed by atoms with van der Waals surface area (Å²) in [5.74, 6) is -4.10. The van der Waals surface area contributed by atoms with Crippen LogP contribution in [0.2, 0.25) is 0 Å². The summed E-state index contributed by atoms with van der Waals surface area (Å²) in [5, 5.41) is 0. The highest BCUT2D eigenvalue weighted by atomic mass is 19.4. The Morgan fingerprint density at radius 2 is 0.885 bits per heavy atom. The van der Waals surface area contributed by atoms with E-state index in [0.717, 1.165) is 0 Å². The molecule has 140 valence electrons. The third-order valence-corrected chi connectivity index (χ3v) is 5.64. The first kappa shape index (κ1) is 18.8. The molecule has 1 aliphatic rings. The van der Waals surface area contributed by atoms with Crippen LogP contribution in [0.5, 0.6) is 0 Å². The predicted molar refractivity (Wildman–Crippen MR) is 87.6 cm³/mol. The van der Waals surface area contributed by atoms with Crippen molar-refractivity contribution in [1.82, 2.24) is 0 Å². The van der Waals surface area contributed by atoms with Crippen molar-refractivity contribution in [2.45, 2.75) is 51.9 Å². The molecule has 6 heteroatoms. The highest BCUT2D eigenvalue weighted by Crippen LogP contribution is 2.56. The van der Waals surface area contributed by atoms with Crippen LogP contribution in [0.1, 0.15) is 56.3 Å². The lowest BCUT2D eigenvalue weighted by Gasteiger charge is -2.39. The van der Waals surface area contributed by atoms with Gasteiger partial charge in [-0.2, -0.15) is 26.3 Å². The smallest absolute Gasteiger partial charge is 0.170 e. The average molecular weight is 372 g/mol. The molecule has 0 aliphatic heterocycles. The maximum absolute atomic E-state index is 14.0. The molecule has 0 aromatic heterocycles. The van der Waals surface area contributed by atoms with E-state index in [0.29, 0.717) is 11.1 Å². The van der Waals surface area contributed by atoms with E-state index in [4.69, 9.17) is 0 Å². The van der Waals surface area contributed by atoms with Crippen LogP contribution in [0.4, 0.5) is 26.3 Å². The van der Waals surface area contributed by atoms with Gasteiger partial charge in [0.05, 0.1) is 0 Å². The van der Waals surface area contributed by atoms with Crippen molar-refractivity contribution in [2.75, 3.05) is 0 Å². The molecule has 2 aromatic rings. The maximum atomic E-state index is 14.0. The van der Waals surface area contributed by atoms with Gasteiger partial charge in [0.2, 0.25) is 0 Å². The van der Waals surface area contributed by atoms with E-state index in [-0.39, 0.29) is 33.4 Å². The van der Waals surface area contributed by atoms with Crippen LogP contribution < -0.4 is 0 Å². The second kappa shape index (κ2) is 5.76. The molecule has 0 nitrogen and oxygen atoms in total. The predicted octanol–water partition coefficient (Wildman–Crippen LogP) is 6.62. The molecular formula is C20H18F6. The number of fused-ring (bicyclic) bond motifs is 2. The molecule has 0 fully saturated rings. The van der Waals surface area contributed by atoms with Gasteiger partial charge in [-0.25, -0.2) is 0 Å². The number of hydrogen-bond donors (Lipinski definition) is 0. The largest absolute Gasteiger partial charge is 0.399 e. The summed E-state index contributed by atoms with van der Waals surface area (Å²) in [6, 6.07) is 5.05. The molecule has 0 heterocycles. The molecule has 0 spiro atoms. The second-order valence-corrected chi connectivity index (χ2v) is 6.91. The van der Waals surface area contributed by atoms with E-state index in [1.807, 2.05) is 0 Å². The van der Waals surface area contributed by atoms with Crippen molar-refractivity contribution < 1.29 is 26.3 Å². The van der Waals surface area contributed by atoms with Gasteiger partial charge in [0.25, 0.3) is 0 Å². The van der Waals surface area contributed by atoms with Gasteiger partial charge in [0.1, 0.15) is 11.8 Å². The molecular weight excluding hydrogens is 354 g/mol. The van der Waals surface area contributed by atoms with E-state index in [1.54, 1.807) is 13.8 Å². The van der Waals surface area contributed by atoms with Crippen molar-refractivity contribution in [3.05, 3.63) is 68.8 Å². The highest BCUT2D eigenvalue weighted by Gasteiger charge is 2.54. The van der Waals surface area contributed by atoms with Crippen LogP contribution in [-0.4, -0.2) is 12.4 Å². The van der Waals surface area contributed by atoms with Gasteiger partial charge in [0.15, 0.2) is 0 Å². The van der Waals surface area contributed by atoms with Gasteiger partial charge in [-0.15, -0.1) is 0 Å². The second-order valence-electron chi connectivity index (χ2n) is 6.91. The van der Waals surface area contributed by atoms with Gasteiger partial charge >= 0.3 is 12.4 Å². The first-order valence-electron chi connectivity index (χ1n) is 8.19. The van der Waals surface area contributed by atoms with E-state index in [2.05, 4.69) is 0 Å². The van der Waals surface area contributed by atoms with Gasteiger partial charge in [0, 0.05) is 0 Å². The van der Waals surface area contributed by atoms with Crippen molar-refractivity contribution in [1.29, 1.82) is 0 Å². The lowest BCUT2D eigenvalue weighted by Crippen LogP contribution is -2.35. The SMILES string of the molecule is Cc1c(C)c(C)c2c(c1C)C(C(F)(F)F)c1ccccc1C2C(F)(F)F. The molecule has 0 N–H and O–H groups in total. The molecule has 0 amide bonds. The fourth-order valence-corrected chi connectivity index (χ4v) is 4.14. The van der Waals surface area contributed by atoms with Gasteiger partial charge < -0.3 is 0 Å². The van der Waals surface area contributed by atoms with E-state index >= 15 is 0 Å². The normalized spacial score (nSPS) is 19.9. The fraction of sp³-hybridized carbons (Fsp3) is 0.400. The molecule has 3 rings (SSSR count). The lowest BCUT2D eigenvalue weighted by atomic mass is 9.67. The standard InChI is InChI=1S/C20H18F6/c1-9-10(2)12(4)16-15(11(9)3)17(19(21,22)23)13-7-5-6-8-14(13)18(16)20(24,25)26/h5-8,17-18H,1-4H3. The summed E-state index contributed by atoms with van der Waals surface area (Å²) in [5.41, 5.74) is 0.703. The Balaban J connectivity index is 2.53. The van der Waals surface area contributed by atoms with E-state index in [9.17, 15) is 26.3 Å². The van der Waals surface area contributed by atoms with Crippen LogP contribution in [0, 0.1) is 27.7 Å². The summed E-state index contributed by atoms with van der Waals surface area (Å²) >= 11 is 0. The first-order chi connectivity index (χ1) is 11.9. The summed E-state index contributed by atoms with van der Waals surface area (Å²) < 4.78 is 83.9. The third kappa shape index (κ3) is 2.61. The minimum atomic E-state index is -4.68. The van der Waals surface area contributed by atoms with Gasteiger partial charge in [-0.05, 0) is 72.2 Å². The van der Waals surface area contributed by atoms with Crippen molar-refractivity contribution in [2.24, 2.45) is 0 Å². The number of benzene rings is 2. The fourth-order valence-electron chi connectivity index (χ4n) is 4.14. The van der Waals surface area contributed by atoms with Crippen molar-refractivity contribution >= 4 is 0 Å². The van der Waals surface area contributed by atoms with Gasteiger partial charge in [-0.3, -0.25) is 0 Å². The molecule has 0 saturated carbocycles. The number of hydrogen-bond acceptors (Lipinski definition) is 0. The van der Waals surface area contributed by atoms with Gasteiger partial charge in [-0.1, -0.05) is 24.3 Å². The van der Waals surface area contributed by atoms with E-state index in [1.165, 1.54) is 38.1 Å². The van der Waals surface area contributed by atoms with Crippen LogP contribution in [0.15, 0.2) is 24.3 Å². The molecule has 2 unspecified atom stereocenters. The Kier molecular flexibility index (Phi) is 4.17. The van der Waals surface area contributed by atoms with Crippen LogP contribution in [-0.2, 0) is 0 Å². The molecule has 2 atom stereocenters. The van der Waals surface area contributed by atoms with Crippen molar-refractivity contribution in [3.8, 4) is 0 Å². The molecule has 2 aromatic carbocycles. The molecule has 0 bridgehead atoms. The summed E-state index contributed by atoms with van der Waals surface area (Å²) in [6.07, 6.45) is -9.36. The van der Waals surface area contributed by atoms with Crippen LogP contribution >= 0.6 is 0 Å². The zero-order valence-electron chi connectivity index (χ0n) is 14.7. The Morgan fingerprint density at radius 1 is 0.577 bits per heavy atom. The number of alkyl halides is 6. The Bertz CT molecular complexity index is 801. The van der Waals surface area contributed by atoms with Crippen LogP contribution in [0.25, 0.3) is 0 Å². The monoisotopic (exact) mass is 372 g/mol.